The lowest BCUT2D eigenvalue weighted by Crippen LogP contribution is -2.19. The summed E-state index contributed by atoms with van der Waals surface area (Å²) in [6, 6.07) is 0. The molecule has 0 atom stereocenters. The first-order valence-corrected chi connectivity index (χ1v) is 5.15. The van der Waals surface area contributed by atoms with Crippen molar-refractivity contribution in [3.8, 4) is 0 Å². The molecule has 1 aliphatic heterocycles. The highest BCUT2D eigenvalue weighted by Crippen LogP contribution is 2.06. The van der Waals surface area contributed by atoms with Crippen LogP contribution in [0, 0.1) is 0 Å². The van der Waals surface area contributed by atoms with Crippen molar-refractivity contribution in [2.75, 3.05) is 19.6 Å². The number of hydrogen-bond donors (Lipinski definition) is 1. The Morgan fingerprint density at radius 3 is 2.00 bits per heavy atom. The molecule has 3 heteroatoms. The van der Waals surface area contributed by atoms with Crippen molar-refractivity contribution in [3.63, 3.8) is 0 Å². The van der Waals surface area contributed by atoms with Crippen LogP contribution in [-0.4, -0.2) is 36.1 Å². The van der Waals surface area contributed by atoms with Crippen LogP contribution in [-0.2, 0) is 4.79 Å². The van der Waals surface area contributed by atoms with Gasteiger partial charge in [-0.1, -0.05) is 20.8 Å². The molecule has 0 bridgehead atoms. The molecule has 80 valence electrons. The molecule has 1 fully saturated rings. The lowest BCUT2D eigenvalue weighted by Gasteiger charge is -2.11. The minimum Gasteiger partial charge on any atom is -0.483 e. The highest BCUT2D eigenvalue weighted by Gasteiger charge is 2.08. The Bertz CT molecular complexity index is 90.9. The molecular formula is C10H23NO2. The van der Waals surface area contributed by atoms with Crippen molar-refractivity contribution < 1.29 is 9.90 Å². The lowest BCUT2D eigenvalue weighted by atomic mass is 10.4. The molecular weight excluding hydrogens is 166 g/mol. The Labute approximate surface area is 81.7 Å². The quantitative estimate of drug-likeness (QED) is 0.677. The van der Waals surface area contributed by atoms with Crippen LogP contribution in [0.2, 0.25) is 0 Å². The second-order valence-corrected chi connectivity index (χ2v) is 2.65. The predicted molar refractivity (Wildman–Crippen MR) is 56.0 cm³/mol. The largest absolute Gasteiger partial charge is 0.483 e. The highest BCUT2D eigenvalue weighted by atomic mass is 16.3. The summed E-state index contributed by atoms with van der Waals surface area (Å²) in [5, 5.41) is 6.89. The standard InChI is InChI=1S/C7H15N.C2H6.CH2O2/c1-2-5-8-6-3-4-7-8;1-2;2-1-3/h2-7H2,1H3;1-2H3;1H,(H,2,3). The van der Waals surface area contributed by atoms with Crippen molar-refractivity contribution in [3.05, 3.63) is 0 Å². The van der Waals surface area contributed by atoms with Gasteiger partial charge in [-0.3, -0.25) is 4.79 Å². The number of carboxylic acid groups (broad SMARTS) is 1. The smallest absolute Gasteiger partial charge is 0.290 e. The summed E-state index contributed by atoms with van der Waals surface area (Å²) >= 11 is 0. The third-order valence-corrected chi connectivity index (χ3v) is 1.74. The monoisotopic (exact) mass is 189 g/mol. The molecule has 3 nitrogen and oxygen atoms in total. The average Bonchev–Trinajstić information content (AvgIpc) is 2.63. The van der Waals surface area contributed by atoms with Crippen molar-refractivity contribution in [1.82, 2.24) is 4.90 Å². The maximum atomic E-state index is 8.36. The number of rotatable bonds is 2. The van der Waals surface area contributed by atoms with Gasteiger partial charge in [-0.05, 0) is 38.9 Å². The molecule has 0 unspecified atom stereocenters. The van der Waals surface area contributed by atoms with E-state index < -0.39 is 0 Å². The van der Waals surface area contributed by atoms with Crippen LogP contribution >= 0.6 is 0 Å². The topological polar surface area (TPSA) is 40.5 Å². The first-order valence-electron chi connectivity index (χ1n) is 5.15. The van der Waals surface area contributed by atoms with E-state index in [4.69, 9.17) is 9.90 Å². The van der Waals surface area contributed by atoms with E-state index in [1.54, 1.807) is 0 Å². The van der Waals surface area contributed by atoms with Gasteiger partial charge >= 0.3 is 0 Å². The molecule has 1 saturated heterocycles. The molecule has 0 aromatic carbocycles. The van der Waals surface area contributed by atoms with E-state index in [1.807, 2.05) is 13.8 Å². The molecule has 0 spiro atoms. The Morgan fingerprint density at radius 2 is 1.69 bits per heavy atom. The number of nitrogens with zero attached hydrogens (tertiary/aromatic N) is 1. The lowest BCUT2D eigenvalue weighted by molar-refractivity contribution is -0.122. The normalized spacial score (nSPS) is 15.0. The zero-order chi connectivity index (χ0) is 10.5. The molecule has 1 N–H and O–H groups in total. The maximum absolute atomic E-state index is 8.36. The summed E-state index contributed by atoms with van der Waals surface area (Å²) in [5.74, 6) is 0. The zero-order valence-electron chi connectivity index (χ0n) is 9.12. The van der Waals surface area contributed by atoms with Gasteiger partial charge in [0, 0.05) is 0 Å². The van der Waals surface area contributed by atoms with Crippen molar-refractivity contribution >= 4 is 6.47 Å². The van der Waals surface area contributed by atoms with Crippen LogP contribution in [0.25, 0.3) is 0 Å². The molecule has 1 heterocycles. The van der Waals surface area contributed by atoms with E-state index in [1.165, 1.54) is 38.9 Å². The Kier molecular flexibility index (Phi) is 16.1. The first-order chi connectivity index (χ1) is 6.35. The van der Waals surface area contributed by atoms with E-state index >= 15 is 0 Å². The van der Waals surface area contributed by atoms with Gasteiger partial charge in [-0.2, -0.15) is 0 Å². The Balaban J connectivity index is 0. The van der Waals surface area contributed by atoms with Gasteiger partial charge in [-0.25, -0.2) is 0 Å². The van der Waals surface area contributed by atoms with Gasteiger partial charge in [0.15, 0.2) is 0 Å². The van der Waals surface area contributed by atoms with Crippen LogP contribution in [0.4, 0.5) is 0 Å². The van der Waals surface area contributed by atoms with Crippen molar-refractivity contribution in [2.45, 2.75) is 40.0 Å². The fourth-order valence-electron chi connectivity index (χ4n) is 1.32. The second kappa shape index (κ2) is 14.0. The minimum atomic E-state index is -0.250. The third-order valence-electron chi connectivity index (χ3n) is 1.74. The van der Waals surface area contributed by atoms with Crippen LogP contribution in [0.5, 0.6) is 0 Å². The molecule has 1 aliphatic rings. The van der Waals surface area contributed by atoms with Crippen LogP contribution in [0.1, 0.15) is 40.0 Å². The molecule has 0 amide bonds. The third kappa shape index (κ3) is 11.4. The molecule has 0 aromatic heterocycles. The summed E-state index contributed by atoms with van der Waals surface area (Å²) in [6.07, 6.45) is 4.18. The molecule has 0 radical (unpaired) electrons. The van der Waals surface area contributed by atoms with Gasteiger partial charge in [0.05, 0.1) is 0 Å². The SMILES string of the molecule is CC.CCCN1CCCC1.O=CO. The van der Waals surface area contributed by atoms with Crippen LogP contribution in [0.15, 0.2) is 0 Å². The van der Waals surface area contributed by atoms with Gasteiger partial charge in [0.25, 0.3) is 6.47 Å². The van der Waals surface area contributed by atoms with E-state index in [-0.39, 0.29) is 6.47 Å². The number of hydrogen-bond acceptors (Lipinski definition) is 2. The molecule has 0 aliphatic carbocycles. The van der Waals surface area contributed by atoms with E-state index in [0.29, 0.717) is 0 Å². The van der Waals surface area contributed by atoms with Gasteiger partial charge < -0.3 is 10.0 Å². The van der Waals surface area contributed by atoms with Crippen molar-refractivity contribution in [2.24, 2.45) is 0 Å². The summed E-state index contributed by atoms with van der Waals surface area (Å²) in [7, 11) is 0. The molecule has 13 heavy (non-hydrogen) atoms. The Hall–Kier alpha value is -0.570. The molecule has 0 saturated carbocycles. The van der Waals surface area contributed by atoms with Gasteiger partial charge in [-0.15, -0.1) is 0 Å². The average molecular weight is 189 g/mol. The molecule has 0 aromatic rings. The summed E-state index contributed by atoms with van der Waals surface area (Å²) < 4.78 is 0. The summed E-state index contributed by atoms with van der Waals surface area (Å²) in [4.78, 5) is 10.9. The van der Waals surface area contributed by atoms with E-state index in [2.05, 4.69) is 11.8 Å². The van der Waals surface area contributed by atoms with Gasteiger partial charge in [0.2, 0.25) is 0 Å². The Morgan fingerprint density at radius 1 is 1.31 bits per heavy atom. The zero-order valence-corrected chi connectivity index (χ0v) is 9.12. The second-order valence-electron chi connectivity index (χ2n) is 2.65. The predicted octanol–water partition coefficient (Wildman–Crippen LogP) is 2.22. The maximum Gasteiger partial charge on any atom is 0.290 e. The van der Waals surface area contributed by atoms with Crippen molar-refractivity contribution in [1.29, 1.82) is 0 Å². The number of carbonyl (C=O) groups is 1. The van der Waals surface area contributed by atoms with Crippen LogP contribution in [0.3, 0.4) is 0 Å². The highest BCUT2D eigenvalue weighted by molar-refractivity contribution is 5.32. The minimum absolute atomic E-state index is 0.250. The fraction of sp³-hybridized carbons (Fsp3) is 0.900. The summed E-state index contributed by atoms with van der Waals surface area (Å²) in [5.41, 5.74) is 0. The van der Waals surface area contributed by atoms with Crippen LogP contribution < -0.4 is 0 Å². The molecule has 1 rings (SSSR count). The van der Waals surface area contributed by atoms with E-state index in [9.17, 15) is 0 Å². The van der Waals surface area contributed by atoms with E-state index in [0.717, 1.165) is 0 Å². The summed E-state index contributed by atoms with van der Waals surface area (Å²) in [6.45, 7) is 10.0. The fourth-order valence-corrected chi connectivity index (χ4v) is 1.32. The number of likely N-dealkylation sites (tertiary alicyclic amines) is 1. The first kappa shape index (κ1) is 14.9. The van der Waals surface area contributed by atoms with Gasteiger partial charge in [0.1, 0.15) is 0 Å².